The molecular formula is C14H21N3O2. The van der Waals surface area contributed by atoms with Crippen LogP contribution in [0.15, 0.2) is 22.8 Å². The molecule has 2 unspecified atom stereocenters. The highest BCUT2D eigenvalue weighted by molar-refractivity contribution is 5.79. The van der Waals surface area contributed by atoms with Crippen molar-refractivity contribution in [3.8, 4) is 0 Å². The van der Waals surface area contributed by atoms with E-state index in [4.69, 9.17) is 10.2 Å². The number of carbonyl (C=O) groups excluding carboxylic acids is 1. The molecule has 5 nitrogen and oxygen atoms in total. The number of nitrogens with two attached hydrogens (primary N) is 1. The van der Waals surface area contributed by atoms with Crippen LogP contribution in [0.2, 0.25) is 0 Å². The van der Waals surface area contributed by atoms with Gasteiger partial charge in [0.2, 0.25) is 5.91 Å². The molecule has 0 radical (unpaired) electrons. The minimum absolute atomic E-state index is 0.278. The number of amides is 1. The summed E-state index contributed by atoms with van der Waals surface area (Å²) in [7, 11) is 0. The molecule has 0 saturated carbocycles. The van der Waals surface area contributed by atoms with Gasteiger partial charge in [0.1, 0.15) is 5.76 Å². The molecule has 2 aliphatic heterocycles. The molecule has 2 saturated heterocycles. The molecular weight excluding hydrogens is 242 g/mol. The predicted octanol–water partition coefficient (Wildman–Crippen LogP) is 0.661. The summed E-state index contributed by atoms with van der Waals surface area (Å²) >= 11 is 0. The number of hydrogen-bond acceptors (Lipinski definition) is 4. The second-order valence-corrected chi connectivity index (χ2v) is 5.61. The molecule has 0 aromatic carbocycles. The molecule has 1 aromatic heterocycles. The van der Waals surface area contributed by atoms with Crippen LogP contribution in [-0.4, -0.2) is 47.9 Å². The van der Waals surface area contributed by atoms with Crippen LogP contribution in [0.3, 0.4) is 0 Å². The number of furan rings is 1. The van der Waals surface area contributed by atoms with Gasteiger partial charge in [-0.15, -0.1) is 0 Å². The third-order valence-electron chi connectivity index (χ3n) is 4.22. The SMILES string of the molecule is NCC1CC(=O)N(C2CCN(Cc3ccco3)C2)C1. The molecule has 0 aliphatic carbocycles. The first kappa shape index (κ1) is 12.7. The zero-order valence-corrected chi connectivity index (χ0v) is 11.1. The lowest BCUT2D eigenvalue weighted by molar-refractivity contribution is -0.129. The second kappa shape index (κ2) is 5.35. The number of hydrogen-bond donors (Lipinski definition) is 1. The number of likely N-dealkylation sites (tertiary alicyclic amines) is 2. The lowest BCUT2D eigenvalue weighted by atomic mass is 10.1. The molecule has 104 valence electrons. The van der Waals surface area contributed by atoms with Gasteiger partial charge in [0.25, 0.3) is 0 Å². The van der Waals surface area contributed by atoms with Crippen molar-refractivity contribution < 1.29 is 9.21 Å². The summed E-state index contributed by atoms with van der Waals surface area (Å²) in [5.41, 5.74) is 5.67. The van der Waals surface area contributed by atoms with Crippen molar-refractivity contribution in [1.29, 1.82) is 0 Å². The monoisotopic (exact) mass is 263 g/mol. The molecule has 2 atom stereocenters. The fourth-order valence-electron chi connectivity index (χ4n) is 3.15. The van der Waals surface area contributed by atoms with E-state index in [0.29, 0.717) is 24.9 Å². The predicted molar refractivity (Wildman–Crippen MR) is 71.3 cm³/mol. The van der Waals surface area contributed by atoms with Gasteiger partial charge in [0, 0.05) is 32.1 Å². The molecule has 2 aliphatic rings. The Labute approximate surface area is 113 Å². The molecule has 1 amide bonds. The lowest BCUT2D eigenvalue weighted by Crippen LogP contribution is -2.38. The van der Waals surface area contributed by atoms with E-state index in [1.807, 2.05) is 17.0 Å². The van der Waals surface area contributed by atoms with Gasteiger partial charge in [0.05, 0.1) is 12.8 Å². The standard InChI is InChI=1S/C14H21N3O2/c15-7-11-6-14(18)17(8-11)12-3-4-16(9-12)10-13-2-1-5-19-13/h1-2,5,11-12H,3-4,6-10,15H2. The Morgan fingerprint density at radius 3 is 3.00 bits per heavy atom. The molecule has 2 fully saturated rings. The Kier molecular flexibility index (Phi) is 3.57. The minimum atomic E-state index is 0.278. The van der Waals surface area contributed by atoms with Crippen LogP contribution in [-0.2, 0) is 11.3 Å². The van der Waals surface area contributed by atoms with Crippen molar-refractivity contribution in [1.82, 2.24) is 9.80 Å². The van der Waals surface area contributed by atoms with Crippen molar-refractivity contribution in [2.75, 3.05) is 26.2 Å². The Bertz CT molecular complexity index is 432. The summed E-state index contributed by atoms with van der Waals surface area (Å²) in [6, 6.07) is 4.27. The Balaban J connectivity index is 1.55. The fraction of sp³-hybridized carbons (Fsp3) is 0.643. The van der Waals surface area contributed by atoms with Crippen molar-refractivity contribution in [2.24, 2.45) is 11.7 Å². The Morgan fingerprint density at radius 1 is 1.42 bits per heavy atom. The van der Waals surface area contributed by atoms with Crippen LogP contribution >= 0.6 is 0 Å². The highest BCUT2D eigenvalue weighted by Gasteiger charge is 2.36. The van der Waals surface area contributed by atoms with Gasteiger partial charge < -0.3 is 15.1 Å². The third kappa shape index (κ3) is 2.67. The van der Waals surface area contributed by atoms with E-state index in [1.165, 1.54) is 0 Å². The van der Waals surface area contributed by atoms with E-state index in [9.17, 15) is 4.79 Å². The van der Waals surface area contributed by atoms with Crippen LogP contribution in [0.1, 0.15) is 18.6 Å². The van der Waals surface area contributed by atoms with Gasteiger partial charge in [0.15, 0.2) is 0 Å². The number of nitrogens with zero attached hydrogens (tertiary/aromatic N) is 2. The highest BCUT2D eigenvalue weighted by atomic mass is 16.3. The average molecular weight is 263 g/mol. The Morgan fingerprint density at radius 2 is 2.32 bits per heavy atom. The summed E-state index contributed by atoms with van der Waals surface area (Å²) in [5, 5.41) is 0. The van der Waals surface area contributed by atoms with E-state index < -0.39 is 0 Å². The minimum Gasteiger partial charge on any atom is -0.468 e. The van der Waals surface area contributed by atoms with Gasteiger partial charge >= 0.3 is 0 Å². The first-order valence-corrected chi connectivity index (χ1v) is 7.00. The summed E-state index contributed by atoms with van der Waals surface area (Å²) < 4.78 is 5.37. The van der Waals surface area contributed by atoms with Gasteiger partial charge in [-0.1, -0.05) is 0 Å². The molecule has 1 aromatic rings. The maximum absolute atomic E-state index is 12.0. The summed E-state index contributed by atoms with van der Waals surface area (Å²) in [6.07, 6.45) is 3.40. The average Bonchev–Trinajstić information content (AvgIpc) is 3.10. The summed E-state index contributed by atoms with van der Waals surface area (Å²) in [4.78, 5) is 16.4. The largest absolute Gasteiger partial charge is 0.468 e. The molecule has 0 bridgehead atoms. The van der Waals surface area contributed by atoms with Gasteiger partial charge in [-0.3, -0.25) is 9.69 Å². The zero-order chi connectivity index (χ0) is 13.2. The normalized spacial score (nSPS) is 28.5. The Hall–Kier alpha value is -1.33. The van der Waals surface area contributed by atoms with E-state index in [2.05, 4.69) is 4.90 Å². The third-order valence-corrected chi connectivity index (χ3v) is 4.22. The van der Waals surface area contributed by atoms with E-state index in [0.717, 1.165) is 38.4 Å². The first-order chi connectivity index (χ1) is 9.26. The maximum Gasteiger partial charge on any atom is 0.223 e. The topological polar surface area (TPSA) is 62.7 Å². The molecule has 2 N–H and O–H groups in total. The van der Waals surface area contributed by atoms with E-state index in [1.54, 1.807) is 6.26 Å². The smallest absolute Gasteiger partial charge is 0.223 e. The number of carbonyl (C=O) groups is 1. The van der Waals surface area contributed by atoms with Crippen molar-refractivity contribution in [3.05, 3.63) is 24.2 Å². The molecule has 3 heterocycles. The molecule has 19 heavy (non-hydrogen) atoms. The molecule has 0 spiro atoms. The quantitative estimate of drug-likeness (QED) is 0.867. The first-order valence-electron chi connectivity index (χ1n) is 7.00. The van der Waals surface area contributed by atoms with E-state index in [-0.39, 0.29) is 5.91 Å². The summed E-state index contributed by atoms with van der Waals surface area (Å²) in [6.45, 7) is 4.28. The lowest BCUT2D eigenvalue weighted by Gasteiger charge is -2.24. The van der Waals surface area contributed by atoms with E-state index >= 15 is 0 Å². The van der Waals surface area contributed by atoms with Gasteiger partial charge in [-0.05, 0) is 31.0 Å². The number of rotatable bonds is 4. The fourth-order valence-corrected chi connectivity index (χ4v) is 3.15. The van der Waals surface area contributed by atoms with Gasteiger partial charge in [-0.25, -0.2) is 0 Å². The van der Waals surface area contributed by atoms with Crippen LogP contribution in [0.4, 0.5) is 0 Å². The van der Waals surface area contributed by atoms with Crippen LogP contribution < -0.4 is 5.73 Å². The maximum atomic E-state index is 12.0. The zero-order valence-electron chi connectivity index (χ0n) is 11.1. The van der Waals surface area contributed by atoms with Crippen LogP contribution in [0, 0.1) is 5.92 Å². The second-order valence-electron chi connectivity index (χ2n) is 5.61. The van der Waals surface area contributed by atoms with Gasteiger partial charge in [-0.2, -0.15) is 0 Å². The molecule has 3 rings (SSSR count). The van der Waals surface area contributed by atoms with Crippen LogP contribution in [0.5, 0.6) is 0 Å². The van der Waals surface area contributed by atoms with Crippen molar-refractivity contribution in [2.45, 2.75) is 25.4 Å². The van der Waals surface area contributed by atoms with Crippen molar-refractivity contribution in [3.63, 3.8) is 0 Å². The van der Waals surface area contributed by atoms with Crippen molar-refractivity contribution >= 4 is 5.91 Å². The highest BCUT2D eigenvalue weighted by Crippen LogP contribution is 2.25. The van der Waals surface area contributed by atoms with Crippen LogP contribution in [0.25, 0.3) is 0 Å². The summed E-state index contributed by atoms with van der Waals surface area (Å²) in [5.74, 6) is 1.63. The molecule has 5 heteroatoms.